The van der Waals surface area contributed by atoms with E-state index in [4.69, 9.17) is 15.2 Å². The fraction of sp³-hybridized carbons (Fsp3) is 0.467. The molecule has 0 atom stereocenters. The van der Waals surface area contributed by atoms with Crippen molar-refractivity contribution < 1.29 is 33.7 Å². The summed E-state index contributed by atoms with van der Waals surface area (Å²) in [5.74, 6) is -1.71. The van der Waals surface area contributed by atoms with Gasteiger partial charge in [-0.15, -0.1) is 0 Å². The summed E-state index contributed by atoms with van der Waals surface area (Å²) in [7, 11) is 1.36. The maximum Gasteiger partial charge on any atom is 0.407 e. The van der Waals surface area contributed by atoms with Crippen molar-refractivity contribution >= 4 is 23.0 Å². The minimum atomic E-state index is -1.18. The minimum Gasteiger partial charge on any atom is -0.505 e. The zero-order chi connectivity index (χ0) is 32.1. The summed E-state index contributed by atoms with van der Waals surface area (Å²) < 4.78 is 24.9. The molecule has 3 aromatic rings. The molecule has 2 amide bonds. The number of amides is 2. The van der Waals surface area contributed by atoms with E-state index in [0.717, 1.165) is 10.5 Å². The summed E-state index contributed by atoms with van der Waals surface area (Å²) in [5, 5.41) is 22.6. The van der Waals surface area contributed by atoms with Crippen LogP contribution in [-0.2, 0) is 22.4 Å². The molecule has 13 heteroatoms. The number of carbonyl (C=O) groups excluding carboxylic acids is 1. The Morgan fingerprint density at radius 3 is 2.28 bits per heavy atom. The second-order valence-electron chi connectivity index (χ2n) is 10.3. The predicted molar refractivity (Wildman–Crippen MR) is 161 cm³/mol. The number of ether oxygens (including phenoxy) is 2. The van der Waals surface area contributed by atoms with Crippen LogP contribution >= 0.6 is 0 Å². The molecule has 3 rings (SSSR count). The van der Waals surface area contributed by atoms with Crippen LogP contribution in [-0.4, -0.2) is 88.8 Å². The zero-order valence-electron chi connectivity index (χ0n) is 25.3. The SMILES string of the molecule is CC(C)OCCN.CC(C)OCCNC(=O)c1c(O)c2ncc(Cc3ccc(F)cc3)cc2n(CCN(C)C(=O)O)c1=O. The number of nitrogens with zero attached hydrogens (tertiary/aromatic N) is 3. The normalized spacial score (nSPS) is 11.0. The Bertz CT molecular complexity index is 1410. The lowest BCUT2D eigenvalue weighted by Crippen LogP contribution is -2.37. The summed E-state index contributed by atoms with van der Waals surface area (Å²) in [4.78, 5) is 42.7. The second kappa shape index (κ2) is 17.1. The number of rotatable bonds is 13. The molecule has 0 spiro atoms. The number of carbonyl (C=O) groups is 2. The van der Waals surface area contributed by atoms with Crippen LogP contribution in [0.3, 0.4) is 0 Å². The lowest BCUT2D eigenvalue weighted by atomic mass is 10.1. The molecule has 0 saturated heterocycles. The fourth-order valence-electron chi connectivity index (χ4n) is 3.91. The highest BCUT2D eigenvalue weighted by Gasteiger charge is 2.24. The van der Waals surface area contributed by atoms with Gasteiger partial charge in [0.15, 0.2) is 5.75 Å². The molecule has 236 valence electrons. The number of nitrogens with one attached hydrogen (secondary N) is 1. The number of halogens is 1. The van der Waals surface area contributed by atoms with Crippen LogP contribution in [0.15, 0.2) is 41.3 Å². The van der Waals surface area contributed by atoms with E-state index in [0.29, 0.717) is 31.2 Å². The third-order valence-corrected chi connectivity index (χ3v) is 6.08. The summed E-state index contributed by atoms with van der Waals surface area (Å²) >= 11 is 0. The van der Waals surface area contributed by atoms with Crippen LogP contribution in [0.1, 0.15) is 49.2 Å². The number of fused-ring (bicyclic) bond motifs is 1. The molecule has 43 heavy (non-hydrogen) atoms. The molecule has 0 aliphatic heterocycles. The van der Waals surface area contributed by atoms with E-state index in [9.17, 15) is 29.0 Å². The molecular formula is C30H42FN5O7. The molecule has 12 nitrogen and oxygen atoms in total. The Morgan fingerprint density at radius 1 is 1.09 bits per heavy atom. The first-order valence-electron chi connectivity index (χ1n) is 14.0. The number of carboxylic acid groups (broad SMARTS) is 1. The van der Waals surface area contributed by atoms with Crippen molar-refractivity contribution in [1.29, 1.82) is 0 Å². The molecule has 0 aliphatic rings. The van der Waals surface area contributed by atoms with Gasteiger partial charge in [0.05, 0.1) is 30.9 Å². The largest absolute Gasteiger partial charge is 0.505 e. The monoisotopic (exact) mass is 603 g/mol. The number of hydrogen-bond donors (Lipinski definition) is 4. The molecule has 0 bridgehead atoms. The van der Waals surface area contributed by atoms with Gasteiger partial charge in [0.2, 0.25) is 0 Å². The van der Waals surface area contributed by atoms with E-state index in [1.54, 1.807) is 18.2 Å². The Labute approximate surface area is 250 Å². The van der Waals surface area contributed by atoms with E-state index in [2.05, 4.69) is 10.3 Å². The lowest BCUT2D eigenvalue weighted by molar-refractivity contribution is 0.0745. The van der Waals surface area contributed by atoms with Crippen molar-refractivity contribution in [2.45, 2.75) is 52.9 Å². The quantitative estimate of drug-likeness (QED) is 0.215. The molecule has 2 aromatic heterocycles. The smallest absolute Gasteiger partial charge is 0.407 e. The van der Waals surface area contributed by atoms with Gasteiger partial charge in [-0.3, -0.25) is 14.6 Å². The number of aromatic hydroxyl groups is 1. The third-order valence-electron chi connectivity index (χ3n) is 6.08. The van der Waals surface area contributed by atoms with Crippen molar-refractivity contribution in [3.63, 3.8) is 0 Å². The first-order valence-corrected chi connectivity index (χ1v) is 14.0. The van der Waals surface area contributed by atoms with E-state index in [-0.39, 0.29) is 49.2 Å². The molecule has 2 heterocycles. The topological polar surface area (TPSA) is 169 Å². The molecule has 0 unspecified atom stereocenters. The van der Waals surface area contributed by atoms with Gasteiger partial charge < -0.3 is 40.2 Å². The first-order chi connectivity index (χ1) is 20.3. The standard InChI is InChI=1S/C25H29FN4O6.C5H13NO/c1-15(2)36-11-8-27-23(32)20-22(31)21-19(30(24(20)33)10-9-29(3)25(34)35)13-17(14-28-21)12-16-4-6-18(26)7-5-16;1-5(2)7-4-3-6/h4-7,13-15,31H,8-12H2,1-3H3,(H,27,32)(H,34,35);5H,3-4,6H2,1-2H3. The van der Waals surface area contributed by atoms with Gasteiger partial charge >= 0.3 is 6.09 Å². The van der Waals surface area contributed by atoms with E-state index in [1.807, 2.05) is 27.7 Å². The number of hydrogen-bond acceptors (Lipinski definition) is 8. The molecular weight excluding hydrogens is 561 g/mol. The minimum absolute atomic E-state index is 0.0269. The highest BCUT2D eigenvalue weighted by atomic mass is 19.1. The third kappa shape index (κ3) is 10.9. The number of benzene rings is 1. The Kier molecular flexibility index (Phi) is 14.0. The highest BCUT2D eigenvalue weighted by molar-refractivity contribution is 6.01. The van der Waals surface area contributed by atoms with Gasteiger partial charge in [0, 0.05) is 39.4 Å². The van der Waals surface area contributed by atoms with Crippen LogP contribution in [0.4, 0.5) is 9.18 Å². The van der Waals surface area contributed by atoms with Gasteiger partial charge in [0.25, 0.3) is 11.5 Å². The van der Waals surface area contributed by atoms with Crippen molar-refractivity contribution in [2.24, 2.45) is 5.73 Å². The average Bonchev–Trinajstić information content (AvgIpc) is 2.95. The molecule has 0 saturated carbocycles. The number of pyridine rings is 2. The van der Waals surface area contributed by atoms with Crippen molar-refractivity contribution in [2.75, 3.05) is 39.9 Å². The number of nitrogens with two attached hydrogens (primary N) is 1. The van der Waals surface area contributed by atoms with Crippen LogP contribution in [0.5, 0.6) is 5.75 Å². The highest BCUT2D eigenvalue weighted by Crippen LogP contribution is 2.26. The zero-order valence-corrected chi connectivity index (χ0v) is 25.3. The summed E-state index contributed by atoms with van der Waals surface area (Å²) in [6, 6.07) is 7.57. The van der Waals surface area contributed by atoms with Crippen LogP contribution in [0.25, 0.3) is 11.0 Å². The molecule has 5 N–H and O–H groups in total. The molecule has 0 radical (unpaired) electrons. The maximum absolute atomic E-state index is 13.4. The molecule has 0 fully saturated rings. The average molecular weight is 604 g/mol. The number of likely N-dealkylation sites (N-methyl/N-ethyl adjacent to an activating group) is 1. The van der Waals surface area contributed by atoms with E-state index < -0.39 is 28.9 Å². The van der Waals surface area contributed by atoms with Crippen molar-refractivity contribution in [3.8, 4) is 5.75 Å². The van der Waals surface area contributed by atoms with E-state index >= 15 is 0 Å². The number of aromatic nitrogens is 2. The Hall–Kier alpha value is -4.07. The van der Waals surface area contributed by atoms with E-state index in [1.165, 1.54) is 29.9 Å². The van der Waals surface area contributed by atoms with Crippen LogP contribution in [0.2, 0.25) is 0 Å². The van der Waals surface area contributed by atoms with Gasteiger partial charge in [-0.25, -0.2) is 9.18 Å². The summed E-state index contributed by atoms with van der Waals surface area (Å²) in [6.07, 6.45) is 0.994. The van der Waals surface area contributed by atoms with Crippen molar-refractivity contribution in [3.05, 3.63) is 69.4 Å². The fourth-order valence-corrected chi connectivity index (χ4v) is 3.91. The molecule has 0 aliphatic carbocycles. The van der Waals surface area contributed by atoms with Gasteiger partial charge in [0.1, 0.15) is 16.9 Å². The molecule has 1 aromatic carbocycles. The van der Waals surface area contributed by atoms with Gasteiger partial charge in [-0.05, 0) is 63.4 Å². The van der Waals surface area contributed by atoms with Gasteiger partial charge in [-0.1, -0.05) is 12.1 Å². The Morgan fingerprint density at radius 2 is 1.72 bits per heavy atom. The summed E-state index contributed by atoms with van der Waals surface area (Å²) in [5.41, 5.74) is 5.65. The lowest BCUT2D eigenvalue weighted by Gasteiger charge is -2.18. The maximum atomic E-state index is 13.4. The summed E-state index contributed by atoms with van der Waals surface area (Å²) in [6.45, 7) is 9.22. The predicted octanol–water partition coefficient (Wildman–Crippen LogP) is 2.97. The van der Waals surface area contributed by atoms with Crippen molar-refractivity contribution in [1.82, 2.24) is 19.8 Å². The van der Waals surface area contributed by atoms with Crippen LogP contribution < -0.4 is 16.6 Å². The van der Waals surface area contributed by atoms with Crippen LogP contribution in [0, 0.1) is 5.82 Å². The second-order valence-corrected chi connectivity index (χ2v) is 10.3. The Balaban J connectivity index is 0.000000821. The first kappa shape index (κ1) is 35.1. The van der Waals surface area contributed by atoms with Gasteiger partial charge in [-0.2, -0.15) is 0 Å².